The molecule has 1 amide bonds. The summed E-state index contributed by atoms with van der Waals surface area (Å²) in [6, 6.07) is 8.16. The molecule has 0 radical (unpaired) electrons. The molecular weight excluding hydrogens is 380 g/mol. The van der Waals surface area contributed by atoms with Crippen LogP contribution in [-0.2, 0) is 4.79 Å². The molecule has 0 atom stereocenters. The number of anilines is 1. The second-order valence-electron chi connectivity index (χ2n) is 4.79. The Morgan fingerprint density at radius 1 is 1.25 bits per heavy atom. The molecule has 0 saturated heterocycles. The van der Waals surface area contributed by atoms with E-state index >= 15 is 0 Å². The molecule has 124 valence electrons. The van der Waals surface area contributed by atoms with Crippen molar-refractivity contribution in [1.82, 2.24) is 14.3 Å². The first kappa shape index (κ1) is 17.4. The van der Waals surface area contributed by atoms with E-state index in [4.69, 9.17) is 0 Å². The zero-order valence-electron chi connectivity index (χ0n) is 13.0. The highest BCUT2D eigenvalue weighted by molar-refractivity contribution is 8.01. The van der Waals surface area contributed by atoms with Crippen molar-refractivity contribution in [3.8, 4) is 11.3 Å². The zero-order chi connectivity index (χ0) is 16.9. The summed E-state index contributed by atoms with van der Waals surface area (Å²) in [5, 5.41) is 6.13. The van der Waals surface area contributed by atoms with Crippen LogP contribution in [0.15, 0.2) is 39.1 Å². The molecule has 0 saturated carbocycles. The van der Waals surface area contributed by atoms with Gasteiger partial charge in [0.15, 0.2) is 9.47 Å². The lowest BCUT2D eigenvalue weighted by Crippen LogP contribution is -2.13. The van der Waals surface area contributed by atoms with Gasteiger partial charge in [-0.15, -0.1) is 11.3 Å². The maximum absolute atomic E-state index is 12.0. The van der Waals surface area contributed by atoms with Gasteiger partial charge in [-0.2, -0.15) is 4.37 Å². The summed E-state index contributed by atoms with van der Waals surface area (Å²) in [4.78, 5) is 20.8. The predicted octanol–water partition coefficient (Wildman–Crippen LogP) is 4.42. The predicted molar refractivity (Wildman–Crippen MR) is 103 cm³/mol. The van der Waals surface area contributed by atoms with Gasteiger partial charge in [-0.1, -0.05) is 53.4 Å². The quantitative estimate of drug-likeness (QED) is 0.624. The first-order valence-corrected chi connectivity index (χ1v) is 10.8. The smallest absolute Gasteiger partial charge is 0.236 e. The number of nitrogens with one attached hydrogen (secondary N) is 1. The van der Waals surface area contributed by atoms with Crippen molar-refractivity contribution in [1.29, 1.82) is 0 Å². The Morgan fingerprint density at radius 3 is 2.75 bits per heavy atom. The van der Waals surface area contributed by atoms with Gasteiger partial charge in [-0.25, -0.2) is 9.97 Å². The van der Waals surface area contributed by atoms with Gasteiger partial charge in [-0.05, 0) is 24.7 Å². The monoisotopic (exact) mass is 394 g/mol. The molecule has 0 spiro atoms. The lowest BCUT2D eigenvalue weighted by molar-refractivity contribution is -0.113. The maximum atomic E-state index is 12.0. The van der Waals surface area contributed by atoms with Gasteiger partial charge in [0.25, 0.3) is 0 Å². The summed E-state index contributed by atoms with van der Waals surface area (Å²) >= 11 is 5.62. The Bertz CT molecular complexity index is 828. The van der Waals surface area contributed by atoms with Crippen LogP contribution >= 0.6 is 46.4 Å². The molecule has 0 aliphatic carbocycles. The Labute approximate surface area is 156 Å². The number of thiazole rings is 1. The van der Waals surface area contributed by atoms with E-state index < -0.39 is 0 Å². The van der Waals surface area contributed by atoms with Crippen LogP contribution < -0.4 is 5.32 Å². The van der Waals surface area contributed by atoms with Crippen molar-refractivity contribution >= 4 is 57.4 Å². The number of aromatic nitrogens is 3. The van der Waals surface area contributed by atoms with E-state index in [1.54, 1.807) is 0 Å². The van der Waals surface area contributed by atoms with Gasteiger partial charge in [0.1, 0.15) is 0 Å². The Balaban J connectivity index is 1.56. The fourth-order valence-corrected chi connectivity index (χ4v) is 4.55. The maximum Gasteiger partial charge on any atom is 0.236 e. The SMILES string of the molecule is CSc1nsc(SCC(=O)Nc2nc(-c3ccc(C)cc3)cs2)n1. The van der Waals surface area contributed by atoms with Gasteiger partial charge < -0.3 is 5.32 Å². The first-order chi connectivity index (χ1) is 11.6. The van der Waals surface area contributed by atoms with Gasteiger partial charge >= 0.3 is 0 Å². The van der Waals surface area contributed by atoms with E-state index in [0.717, 1.165) is 20.8 Å². The fraction of sp³-hybridized carbons (Fsp3) is 0.200. The van der Waals surface area contributed by atoms with Crippen LogP contribution in [0.3, 0.4) is 0 Å². The molecular formula is C15H14N4OS4. The molecule has 0 bridgehead atoms. The number of carbonyl (C=O) groups excluding carboxylic acids is 1. The minimum absolute atomic E-state index is 0.0919. The zero-order valence-corrected chi connectivity index (χ0v) is 16.2. The molecule has 3 rings (SSSR count). The average molecular weight is 395 g/mol. The van der Waals surface area contributed by atoms with E-state index in [0.29, 0.717) is 10.9 Å². The van der Waals surface area contributed by atoms with Crippen molar-refractivity contribution in [2.75, 3.05) is 17.3 Å². The number of hydrogen-bond donors (Lipinski definition) is 1. The number of amides is 1. The highest BCUT2D eigenvalue weighted by atomic mass is 32.2. The van der Waals surface area contributed by atoms with Crippen LogP contribution in [0.1, 0.15) is 5.56 Å². The molecule has 0 unspecified atom stereocenters. The summed E-state index contributed by atoms with van der Waals surface area (Å²) < 4.78 is 4.97. The number of aryl methyl sites for hydroxylation is 1. The van der Waals surface area contributed by atoms with Crippen molar-refractivity contribution in [2.45, 2.75) is 16.4 Å². The highest BCUT2D eigenvalue weighted by Crippen LogP contribution is 2.26. The van der Waals surface area contributed by atoms with Crippen molar-refractivity contribution < 1.29 is 4.79 Å². The van der Waals surface area contributed by atoms with Crippen molar-refractivity contribution in [2.24, 2.45) is 0 Å². The van der Waals surface area contributed by atoms with E-state index in [9.17, 15) is 4.79 Å². The number of benzene rings is 1. The normalized spacial score (nSPS) is 10.8. The summed E-state index contributed by atoms with van der Waals surface area (Å²) in [5.41, 5.74) is 3.13. The summed E-state index contributed by atoms with van der Waals surface area (Å²) in [6.45, 7) is 2.05. The largest absolute Gasteiger partial charge is 0.301 e. The van der Waals surface area contributed by atoms with Crippen LogP contribution in [-0.4, -0.2) is 32.3 Å². The lowest BCUT2D eigenvalue weighted by atomic mass is 10.1. The van der Waals surface area contributed by atoms with Crippen LogP contribution in [0, 0.1) is 6.92 Å². The minimum atomic E-state index is -0.0919. The molecule has 2 aromatic heterocycles. The number of nitrogens with zero attached hydrogens (tertiary/aromatic N) is 3. The lowest BCUT2D eigenvalue weighted by Gasteiger charge is -2.00. The molecule has 0 aliphatic heterocycles. The molecule has 1 aromatic carbocycles. The second-order valence-corrected chi connectivity index (χ2v) is 8.39. The van der Waals surface area contributed by atoms with Gasteiger partial charge in [0.05, 0.1) is 11.4 Å². The molecule has 0 aliphatic rings. The Kier molecular flexibility index (Phi) is 5.88. The van der Waals surface area contributed by atoms with Crippen LogP contribution in [0.2, 0.25) is 0 Å². The number of carbonyl (C=O) groups is 1. The first-order valence-electron chi connectivity index (χ1n) is 6.97. The fourth-order valence-electron chi connectivity index (χ4n) is 1.81. The summed E-state index contributed by atoms with van der Waals surface area (Å²) in [6.07, 6.45) is 1.93. The summed E-state index contributed by atoms with van der Waals surface area (Å²) in [5.74, 6) is 0.202. The summed E-state index contributed by atoms with van der Waals surface area (Å²) in [7, 11) is 0. The molecule has 3 aromatic rings. The Hall–Kier alpha value is -1.42. The minimum Gasteiger partial charge on any atom is -0.301 e. The van der Waals surface area contributed by atoms with E-state index in [-0.39, 0.29) is 5.91 Å². The van der Waals surface area contributed by atoms with E-state index in [1.165, 1.54) is 52.0 Å². The standard InChI is InChI=1S/C15H14N4OS4/c1-9-3-5-10(6-4-9)11-7-22-13(16-11)17-12(20)8-23-15-18-14(21-2)19-24-15/h3-7H,8H2,1-2H3,(H,16,17,20). The third-order valence-electron chi connectivity index (χ3n) is 3.00. The van der Waals surface area contributed by atoms with Gasteiger partial charge in [-0.3, -0.25) is 4.79 Å². The number of hydrogen-bond acceptors (Lipinski definition) is 8. The van der Waals surface area contributed by atoms with Crippen LogP contribution in [0.25, 0.3) is 11.3 Å². The molecule has 24 heavy (non-hydrogen) atoms. The highest BCUT2D eigenvalue weighted by Gasteiger charge is 2.10. The van der Waals surface area contributed by atoms with Crippen LogP contribution in [0.5, 0.6) is 0 Å². The average Bonchev–Trinajstić information content (AvgIpc) is 3.23. The molecule has 1 N–H and O–H groups in total. The third kappa shape index (κ3) is 4.56. The molecule has 9 heteroatoms. The molecule has 0 fully saturated rings. The van der Waals surface area contributed by atoms with Gasteiger partial charge in [0, 0.05) is 10.9 Å². The van der Waals surface area contributed by atoms with Crippen molar-refractivity contribution in [3.05, 3.63) is 35.2 Å². The van der Waals surface area contributed by atoms with E-state index in [1.807, 2.05) is 30.7 Å². The topological polar surface area (TPSA) is 67.8 Å². The Morgan fingerprint density at radius 2 is 2.04 bits per heavy atom. The van der Waals surface area contributed by atoms with Crippen molar-refractivity contribution in [3.63, 3.8) is 0 Å². The third-order valence-corrected chi connectivity index (χ3v) is 6.25. The number of rotatable bonds is 6. The second kappa shape index (κ2) is 8.11. The van der Waals surface area contributed by atoms with Gasteiger partial charge in [0.2, 0.25) is 11.1 Å². The molecule has 2 heterocycles. The van der Waals surface area contributed by atoms with Crippen LogP contribution in [0.4, 0.5) is 5.13 Å². The molecule has 5 nitrogen and oxygen atoms in total. The van der Waals surface area contributed by atoms with E-state index in [2.05, 4.69) is 31.8 Å². The number of thioether (sulfide) groups is 2.